The second kappa shape index (κ2) is 10.3. The predicted octanol–water partition coefficient (Wildman–Crippen LogP) is 4.13. The molecule has 5 rings (SSSR count). The number of para-hydroxylation sites is 1. The number of hydrogen-bond acceptors (Lipinski definition) is 4. The summed E-state index contributed by atoms with van der Waals surface area (Å²) in [4.78, 5) is 29.2. The fourth-order valence-electron chi connectivity index (χ4n) is 4.97. The first kappa shape index (κ1) is 23.7. The van der Waals surface area contributed by atoms with Gasteiger partial charge < -0.3 is 9.88 Å². The molecule has 0 spiro atoms. The van der Waals surface area contributed by atoms with Gasteiger partial charge in [-0.25, -0.2) is 9.07 Å². The average Bonchev–Trinajstić information content (AvgIpc) is 3.49. The summed E-state index contributed by atoms with van der Waals surface area (Å²) >= 11 is 0. The third-order valence-corrected chi connectivity index (χ3v) is 6.78. The smallest absolute Gasteiger partial charge is 0.249 e. The normalized spacial score (nSPS) is 15.1. The topological polar surface area (TPSA) is 85.0 Å². The van der Waals surface area contributed by atoms with Crippen molar-refractivity contribution in [1.29, 1.82) is 0 Å². The van der Waals surface area contributed by atoms with Crippen molar-refractivity contribution >= 4 is 28.5 Å². The van der Waals surface area contributed by atoms with E-state index in [-0.39, 0.29) is 18.5 Å². The van der Waals surface area contributed by atoms with Crippen LogP contribution in [0.3, 0.4) is 0 Å². The van der Waals surface area contributed by atoms with Gasteiger partial charge in [-0.3, -0.25) is 14.5 Å². The van der Waals surface area contributed by atoms with Gasteiger partial charge in [0, 0.05) is 25.0 Å². The van der Waals surface area contributed by atoms with Crippen LogP contribution in [0, 0.1) is 5.82 Å². The van der Waals surface area contributed by atoms with Crippen LogP contribution in [-0.2, 0) is 23.2 Å². The third kappa shape index (κ3) is 4.86. The highest BCUT2D eigenvalue weighted by Crippen LogP contribution is 2.30. The van der Waals surface area contributed by atoms with Crippen LogP contribution in [0.4, 0.5) is 10.1 Å². The molecule has 2 amide bonds. The highest BCUT2D eigenvalue weighted by molar-refractivity contribution is 6.01. The fraction of sp³-hybridized carbons (Fsp3) is 0.333. The van der Waals surface area contributed by atoms with E-state index in [1.54, 1.807) is 6.07 Å². The van der Waals surface area contributed by atoms with E-state index in [0.717, 1.165) is 32.1 Å². The van der Waals surface area contributed by atoms with Crippen molar-refractivity contribution in [2.75, 3.05) is 4.90 Å². The lowest BCUT2D eigenvalue weighted by molar-refractivity contribution is -0.127. The van der Waals surface area contributed by atoms with E-state index in [9.17, 15) is 14.0 Å². The van der Waals surface area contributed by atoms with E-state index < -0.39 is 17.8 Å². The Labute approximate surface area is 208 Å². The lowest BCUT2D eigenvalue weighted by Gasteiger charge is -2.33. The number of aryl methyl sites for hydroxylation is 1. The first-order valence-electron chi connectivity index (χ1n) is 12.3. The molecule has 2 heterocycles. The molecule has 186 valence electrons. The molecule has 1 saturated carbocycles. The molecular formula is C27H29FN6O2. The summed E-state index contributed by atoms with van der Waals surface area (Å²) in [6.07, 6.45) is 6.93. The number of aromatic nitrogens is 4. The number of carbonyl (C=O) groups excluding carboxylic acids is 2. The second-order valence-corrected chi connectivity index (χ2v) is 9.27. The van der Waals surface area contributed by atoms with Crippen LogP contribution in [0.2, 0.25) is 0 Å². The molecule has 1 N–H and O–H groups in total. The maximum atomic E-state index is 14.4. The highest BCUT2D eigenvalue weighted by Gasteiger charge is 2.36. The van der Waals surface area contributed by atoms with Crippen molar-refractivity contribution in [3.8, 4) is 0 Å². The van der Waals surface area contributed by atoms with Gasteiger partial charge in [0.2, 0.25) is 11.8 Å². The van der Waals surface area contributed by atoms with Crippen molar-refractivity contribution in [1.82, 2.24) is 24.9 Å². The molecular weight excluding hydrogens is 459 g/mol. The van der Waals surface area contributed by atoms with Gasteiger partial charge in [0.25, 0.3) is 0 Å². The number of rotatable bonds is 7. The Morgan fingerprint density at radius 3 is 2.64 bits per heavy atom. The number of nitrogens with zero attached hydrogens (tertiary/aromatic N) is 5. The average molecular weight is 489 g/mol. The zero-order valence-corrected chi connectivity index (χ0v) is 20.2. The molecule has 1 atom stereocenters. The molecule has 9 heteroatoms. The number of nitrogens with one attached hydrogen (secondary N) is 1. The number of benzene rings is 2. The standard InChI is InChI=1S/C27H29FN6O2/c1-32-16-8-15-24(32)26(27(36)29-20-10-3-2-4-11-20)34(21-12-7-9-19(28)17-21)25(35)18-33-23-14-6-5-13-22(23)30-31-33/h5-9,12-17,20,26H,2-4,10-11,18H2,1H3,(H,29,36)/t26-/m1/s1. The van der Waals surface area contributed by atoms with Crippen molar-refractivity contribution in [2.45, 2.75) is 50.7 Å². The molecule has 8 nitrogen and oxygen atoms in total. The minimum atomic E-state index is -0.990. The number of hydrogen-bond donors (Lipinski definition) is 1. The lowest BCUT2D eigenvalue weighted by atomic mass is 9.95. The number of carbonyl (C=O) groups is 2. The van der Waals surface area contributed by atoms with Crippen molar-refractivity contribution < 1.29 is 14.0 Å². The number of fused-ring (bicyclic) bond motifs is 1. The molecule has 2 aromatic carbocycles. The largest absolute Gasteiger partial charge is 0.352 e. The Hall–Kier alpha value is -4.01. The Kier molecular flexibility index (Phi) is 6.79. The molecule has 0 unspecified atom stereocenters. The molecule has 4 aromatic rings. The lowest BCUT2D eigenvalue weighted by Crippen LogP contribution is -2.48. The minimum absolute atomic E-state index is 0.0535. The van der Waals surface area contributed by atoms with Crippen molar-refractivity contribution in [3.05, 3.63) is 78.4 Å². The fourth-order valence-corrected chi connectivity index (χ4v) is 4.97. The van der Waals surface area contributed by atoms with E-state index in [1.165, 1.54) is 27.8 Å². The van der Waals surface area contributed by atoms with Gasteiger partial charge in [0.05, 0.1) is 11.2 Å². The van der Waals surface area contributed by atoms with Crippen LogP contribution in [-0.4, -0.2) is 37.4 Å². The Balaban J connectivity index is 1.55. The van der Waals surface area contributed by atoms with Crippen LogP contribution in [0.1, 0.15) is 43.8 Å². The van der Waals surface area contributed by atoms with E-state index in [0.29, 0.717) is 22.4 Å². The quantitative estimate of drug-likeness (QED) is 0.424. The second-order valence-electron chi connectivity index (χ2n) is 9.27. The maximum absolute atomic E-state index is 14.4. The third-order valence-electron chi connectivity index (χ3n) is 6.78. The van der Waals surface area contributed by atoms with Gasteiger partial charge in [0.1, 0.15) is 17.9 Å². The molecule has 1 aliphatic carbocycles. The van der Waals surface area contributed by atoms with E-state index in [1.807, 2.05) is 54.2 Å². The van der Waals surface area contributed by atoms with Gasteiger partial charge in [0.15, 0.2) is 6.04 Å². The van der Waals surface area contributed by atoms with Crippen molar-refractivity contribution in [2.24, 2.45) is 7.05 Å². The molecule has 0 saturated heterocycles. The van der Waals surface area contributed by atoms with Gasteiger partial charge in [-0.2, -0.15) is 0 Å². The number of halogens is 1. The summed E-state index contributed by atoms with van der Waals surface area (Å²) in [5.74, 6) is -1.18. The first-order chi connectivity index (χ1) is 17.5. The van der Waals surface area contributed by atoms with E-state index in [2.05, 4.69) is 15.6 Å². The number of anilines is 1. The summed E-state index contributed by atoms with van der Waals surface area (Å²) in [6, 6.07) is 15.8. The van der Waals surface area contributed by atoms with E-state index >= 15 is 0 Å². The zero-order chi connectivity index (χ0) is 25.1. The first-order valence-corrected chi connectivity index (χ1v) is 12.3. The Bertz CT molecular complexity index is 1370. The number of amides is 2. The molecule has 2 aromatic heterocycles. The Morgan fingerprint density at radius 2 is 1.89 bits per heavy atom. The molecule has 36 heavy (non-hydrogen) atoms. The molecule has 0 aliphatic heterocycles. The summed E-state index contributed by atoms with van der Waals surface area (Å²) in [6.45, 7) is -0.158. The van der Waals surface area contributed by atoms with Gasteiger partial charge in [-0.15, -0.1) is 5.10 Å². The molecule has 1 fully saturated rings. The molecule has 0 bridgehead atoms. The highest BCUT2D eigenvalue weighted by atomic mass is 19.1. The molecule has 0 radical (unpaired) electrons. The minimum Gasteiger partial charge on any atom is -0.352 e. The SMILES string of the molecule is Cn1cccc1[C@H](C(=O)NC1CCCCC1)N(C(=O)Cn1nnc2ccccc21)c1cccc(F)c1. The predicted molar refractivity (Wildman–Crippen MR) is 135 cm³/mol. The maximum Gasteiger partial charge on any atom is 0.249 e. The van der Waals surface area contributed by atoms with Gasteiger partial charge in [-0.05, 0) is 55.3 Å². The summed E-state index contributed by atoms with van der Waals surface area (Å²) in [7, 11) is 1.83. The van der Waals surface area contributed by atoms with Crippen LogP contribution in [0.15, 0.2) is 66.9 Å². The Morgan fingerprint density at radius 1 is 1.08 bits per heavy atom. The van der Waals surface area contributed by atoms with Crippen molar-refractivity contribution in [3.63, 3.8) is 0 Å². The zero-order valence-electron chi connectivity index (χ0n) is 20.2. The van der Waals surface area contributed by atoms with Gasteiger partial charge in [-0.1, -0.05) is 42.7 Å². The van der Waals surface area contributed by atoms with Gasteiger partial charge >= 0.3 is 0 Å². The molecule has 1 aliphatic rings. The van der Waals surface area contributed by atoms with Crippen LogP contribution < -0.4 is 10.2 Å². The summed E-state index contributed by atoms with van der Waals surface area (Å²) in [5, 5.41) is 11.5. The summed E-state index contributed by atoms with van der Waals surface area (Å²) in [5.41, 5.74) is 2.29. The van der Waals surface area contributed by atoms with E-state index in [4.69, 9.17) is 0 Å². The van der Waals surface area contributed by atoms with Crippen LogP contribution >= 0.6 is 0 Å². The van der Waals surface area contributed by atoms with Crippen LogP contribution in [0.25, 0.3) is 11.0 Å². The monoisotopic (exact) mass is 488 g/mol. The summed E-state index contributed by atoms with van der Waals surface area (Å²) < 4.78 is 17.7. The van der Waals surface area contributed by atoms with Crippen LogP contribution in [0.5, 0.6) is 0 Å².